The highest BCUT2D eigenvalue weighted by molar-refractivity contribution is 5.93. The minimum Gasteiger partial charge on any atom is -0.322 e. The second-order valence-corrected chi connectivity index (χ2v) is 7.72. The van der Waals surface area contributed by atoms with Gasteiger partial charge in [0.1, 0.15) is 0 Å². The smallest absolute Gasteiger partial charge is 0.251 e. The molecule has 4 aliphatic rings. The van der Waals surface area contributed by atoms with E-state index in [2.05, 4.69) is 5.32 Å². The van der Waals surface area contributed by atoms with Crippen LogP contribution in [0.1, 0.15) is 44.1 Å². The van der Waals surface area contributed by atoms with E-state index in [4.69, 9.17) is 0 Å². The second-order valence-electron chi connectivity index (χ2n) is 7.72. The van der Waals surface area contributed by atoms with Gasteiger partial charge in [0.15, 0.2) is 0 Å². The van der Waals surface area contributed by atoms with Crippen molar-refractivity contribution in [2.75, 3.05) is 0 Å². The molecule has 23 heavy (non-hydrogen) atoms. The van der Waals surface area contributed by atoms with Gasteiger partial charge in [-0.1, -0.05) is 30.3 Å². The Morgan fingerprint density at radius 1 is 1.04 bits per heavy atom. The molecule has 1 N–H and O–H groups in total. The number of allylic oxidation sites excluding steroid dienone is 1. The average molecular weight is 308 g/mol. The molecule has 0 aromatic heterocycles. The molecule has 1 amide bonds. The Bertz CT molecular complexity index is 612. The molecule has 4 fully saturated rings. The van der Waals surface area contributed by atoms with Crippen molar-refractivity contribution < 1.29 is 9.59 Å². The summed E-state index contributed by atoms with van der Waals surface area (Å²) in [4.78, 5) is 24.2. The molecule has 1 radical (unpaired) electrons. The molecule has 4 bridgehead atoms. The van der Waals surface area contributed by atoms with Crippen LogP contribution in [-0.2, 0) is 9.59 Å². The Labute approximate surface area is 137 Å². The first-order valence-electron chi connectivity index (χ1n) is 8.63. The van der Waals surface area contributed by atoms with Crippen molar-refractivity contribution in [3.63, 3.8) is 0 Å². The van der Waals surface area contributed by atoms with E-state index in [0.717, 1.165) is 24.8 Å². The summed E-state index contributed by atoms with van der Waals surface area (Å²) in [6.45, 7) is 0. The molecule has 0 atom stereocenters. The van der Waals surface area contributed by atoms with Crippen molar-refractivity contribution in [1.82, 2.24) is 5.32 Å². The molecule has 0 heterocycles. The summed E-state index contributed by atoms with van der Waals surface area (Å²) in [5.74, 6) is 2.19. The SMILES string of the molecule is O=[C]C(=Cc1ccccc1)NC(=O)C12CC3CC(CC(C3)C1)C2. The van der Waals surface area contributed by atoms with E-state index in [1.165, 1.54) is 19.3 Å². The molecule has 5 rings (SSSR count). The van der Waals surface area contributed by atoms with Crippen LogP contribution in [0, 0.1) is 23.2 Å². The van der Waals surface area contributed by atoms with Gasteiger partial charge in [-0.05, 0) is 67.9 Å². The summed E-state index contributed by atoms with van der Waals surface area (Å²) in [5, 5.41) is 2.87. The lowest BCUT2D eigenvalue weighted by Gasteiger charge is -2.55. The number of nitrogens with one attached hydrogen (secondary N) is 1. The van der Waals surface area contributed by atoms with Crippen LogP contribution < -0.4 is 5.32 Å². The van der Waals surface area contributed by atoms with Gasteiger partial charge in [-0.25, -0.2) is 0 Å². The molecule has 3 heteroatoms. The topological polar surface area (TPSA) is 46.2 Å². The monoisotopic (exact) mass is 308 g/mol. The lowest BCUT2D eigenvalue weighted by molar-refractivity contribution is -0.145. The zero-order chi connectivity index (χ0) is 15.9. The Morgan fingerprint density at radius 2 is 1.61 bits per heavy atom. The van der Waals surface area contributed by atoms with Crippen molar-refractivity contribution in [3.05, 3.63) is 41.6 Å². The molecule has 1 aromatic rings. The van der Waals surface area contributed by atoms with E-state index in [1.807, 2.05) is 36.6 Å². The fourth-order valence-corrected chi connectivity index (χ4v) is 5.45. The summed E-state index contributed by atoms with van der Waals surface area (Å²) >= 11 is 0. The molecule has 3 nitrogen and oxygen atoms in total. The van der Waals surface area contributed by atoms with Gasteiger partial charge in [0.2, 0.25) is 5.91 Å². The van der Waals surface area contributed by atoms with Gasteiger partial charge in [-0.15, -0.1) is 0 Å². The molecule has 4 saturated carbocycles. The fraction of sp³-hybridized carbons (Fsp3) is 0.500. The molecule has 0 saturated heterocycles. The van der Waals surface area contributed by atoms with Crippen LogP contribution >= 0.6 is 0 Å². The van der Waals surface area contributed by atoms with Crippen molar-refractivity contribution in [2.45, 2.75) is 38.5 Å². The van der Waals surface area contributed by atoms with Gasteiger partial charge in [0.05, 0.1) is 11.1 Å². The molecule has 4 aliphatic carbocycles. The molecule has 119 valence electrons. The standard InChI is InChI=1S/C20H22NO2/c22-13-18(9-14-4-2-1-3-5-14)21-19(23)20-10-15-6-16(11-20)8-17(7-15)12-20/h1-5,9,15-17H,6-8,10-12H2,(H,21,23). The molecule has 0 spiro atoms. The Kier molecular flexibility index (Phi) is 3.59. The maximum atomic E-state index is 12.9. The van der Waals surface area contributed by atoms with E-state index in [9.17, 15) is 9.59 Å². The van der Waals surface area contributed by atoms with Crippen molar-refractivity contribution in [2.24, 2.45) is 23.2 Å². The number of hydrogen-bond acceptors (Lipinski definition) is 2. The molecule has 0 unspecified atom stereocenters. The van der Waals surface area contributed by atoms with Crippen molar-refractivity contribution in [1.29, 1.82) is 0 Å². The Balaban J connectivity index is 1.53. The zero-order valence-corrected chi connectivity index (χ0v) is 13.3. The number of carbonyl (C=O) groups is 1. The predicted molar refractivity (Wildman–Crippen MR) is 88.9 cm³/mol. The first-order valence-corrected chi connectivity index (χ1v) is 8.63. The summed E-state index contributed by atoms with van der Waals surface area (Å²) < 4.78 is 0. The first kappa shape index (κ1) is 14.7. The summed E-state index contributed by atoms with van der Waals surface area (Å²) in [6.07, 6.45) is 10.5. The Morgan fingerprint density at radius 3 is 2.13 bits per heavy atom. The molecular weight excluding hydrogens is 286 g/mol. The highest BCUT2D eigenvalue weighted by Gasteiger charge is 2.54. The van der Waals surface area contributed by atoms with E-state index < -0.39 is 0 Å². The maximum Gasteiger partial charge on any atom is 0.251 e. The largest absolute Gasteiger partial charge is 0.322 e. The van der Waals surface area contributed by atoms with E-state index in [0.29, 0.717) is 17.8 Å². The van der Waals surface area contributed by atoms with Crippen LogP contribution in [0.5, 0.6) is 0 Å². The summed E-state index contributed by atoms with van der Waals surface area (Å²) in [6, 6.07) is 9.57. The van der Waals surface area contributed by atoms with Crippen LogP contribution in [0.3, 0.4) is 0 Å². The van der Waals surface area contributed by atoms with Gasteiger partial charge in [-0.2, -0.15) is 0 Å². The van der Waals surface area contributed by atoms with Crippen LogP contribution in [0.4, 0.5) is 0 Å². The average Bonchev–Trinajstić information content (AvgIpc) is 2.54. The first-order chi connectivity index (χ1) is 11.2. The van der Waals surface area contributed by atoms with Crippen LogP contribution in [0.25, 0.3) is 6.08 Å². The van der Waals surface area contributed by atoms with Crippen molar-refractivity contribution in [3.8, 4) is 0 Å². The van der Waals surface area contributed by atoms with E-state index in [1.54, 1.807) is 6.08 Å². The number of rotatable bonds is 4. The van der Waals surface area contributed by atoms with Gasteiger partial charge >= 0.3 is 0 Å². The van der Waals surface area contributed by atoms with E-state index in [-0.39, 0.29) is 17.0 Å². The quantitative estimate of drug-likeness (QED) is 0.866. The number of amides is 1. The lowest BCUT2D eigenvalue weighted by Crippen LogP contribution is -2.53. The van der Waals surface area contributed by atoms with Gasteiger partial charge in [0.25, 0.3) is 6.29 Å². The number of carbonyl (C=O) groups excluding carboxylic acids is 2. The summed E-state index contributed by atoms with van der Waals surface area (Å²) in [7, 11) is 0. The van der Waals surface area contributed by atoms with Crippen LogP contribution in [-0.4, -0.2) is 12.2 Å². The minimum absolute atomic E-state index is 0.0436. The maximum absolute atomic E-state index is 12.9. The van der Waals surface area contributed by atoms with E-state index >= 15 is 0 Å². The van der Waals surface area contributed by atoms with Crippen LogP contribution in [0.2, 0.25) is 0 Å². The third kappa shape index (κ3) is 2.73. The second kappa shape index (κ2) is 5.63. The van der Waals surface area contributed by atoms with Gasteiger partial charge in [0, 0.05) is 0 Å². The Hall–Kier alpha value is -1.90. The third-order valence-electron chi connectivity index (χ3n) is 5.99. The molecular formula is C20H22NO2. The lowest BCUT2D eigenvalue weighted by atomic mass is 9.49. The van der Waals surface area contributed by atoms with Gasteiger partial charge < -0.3 is 5.32 Å². The highest BCUT2D eigenvalue weighted by Crippen LogP contribution is 2.60. The highest BCUT2D eigenvalue weighted by atomic mass is 16.2. The van der Waals surface area contributed by atoms with Crippen LogP contribution in [0.15, 0.2) is 36.0 Å². The van der Waals surface area contributed by atoms with Crippen molar-refractivity contribution >= 4 is 18.3 Å². The minimum atomic E-state index is -0.235. The molecule has 1 aromatic carbocycles. The number of hydrogen-bond donors (Lipinski definition) is 1. The summed E-state index contributed by atoms with van der Waals surface area (Å²) in [5.41, 5.74) is 0.912. The zero-order valence-electron chi connectivity index (χ0n) is 13.3. The van der Waals surface area contributed by atoms with Gasteiger partial charge in [-0.3, -0.25) is 9.59 Å². The fourth-order valence-electron chi connectivity index (χ4n) is 5.45. The number of benzene rings is 1. The molecule has 0 aliphatic heterocycles. The normalized spacial score (nSPS) is 35.1. The third-order valence-corrected chi connectivity index (χ3v) is 5.99. The predicted octanol–water partition coefficient (Wildman–Crippen LogP) is 3.47.